The number of ether oxygens (including phenoxy) is 1. The first kappa shape index (κ1) is 12.0. The van der Waals surface area contributed by atoms with Crippen LogP contribution in [-0.4, -0.2) is 33.2 Å². The first-order chi connectivity index (χ1) is 8.12. The van der Waals surface area contributed by atoms with E-state index in [0.717, 1.165) is 10.0 Å². The Kier molecular flexibility index (Phi) is 3.38. The fraction of sp³-hybridized carbons (Fsp3) is 0.364. The van der Waals surface area contributed by atoms with Crippen LogP contribution in [0.3, 0.4) is 0 Å². The van der Waals surface area contributed by atoms with Gasteiger partial charge < -0.3 is 0 Å². The van der Waals surface area contributed by atoms with Crippen molar-refractivity contribution in [2.45, 2.75) is 19.4 Å². The summed E-state index contributed by atoms with van der Waals surface area (Å²) in [4.78, 5) is 7.33. The summed E-state index contributed by atoms with van der Waals surface area (Å²) in [6, 6.07) is 7.75. The normalized spacial score (nSPS) is 16.9. The van der Waals surface area contributed by atoms with E-state index in [1.807, 2.05) is 38.1 Å². The molecule has 1 aliphatic heterocycles. The molecule has 1 aromatic carbocycles. The third-order valence-electron chi connectivity index (χ3n) is 2.26. The molecular formula is C11H12N4OSe. The van der Waals surface area contributed by atoms with Gasteiger partial charge in [0, 0.05) is 0 Å². The average molecular weight is 295 g/mol. The van der Waals surface area contributed by atoms with Crippen LogP contribution in [0.15, 0.2) is 33.4 Å². The Labute approximate surface area is 106 Å². The van der Waals surface area contributed by atoms with Crippen LogP contribution in [0.2, 0.25) is 0 Å². The number of aliphatic imine (C=N–C) groups is 1. The Bertz CT molecular complexity index is 506. The second-order valence-electron chi connectivity index (χ2n) is 4.28. The maximum absolute atomic E-state index is 8.38. The molecule has 0 unspecified atom stereocenters. The summed E-state index contributed by atoms with van der Waals surface area (Å²) in [5, 5.41) is 0. The van der Waals surface area contributed by atoms with E-state index in [1.165, 1.54) is 0 Å². The maximum atomic E-state index is 8.38. The van der Waals surface area contributed by atoms with Crippen LogP contribution in [0, 0.1) is 0 Å². The van der Waals surface area contributed by atoms with Gasteiger partial charge in [0.25, 0.3) is 0 Å². The number of nitrogens with zero attached hydrogens (tertiary/aromatic N) is 4. The Morgan fingerprint density at radius 2 is 2.24 bits per heavy atom. The molecule has 1 heterocycles. The zero-order valence-corrected chi connectivity index (χ0v) is 11.3. The topological polar surface area (TPSA) is 70.3 Å². The van der Waals surface area contributed by atoms with Gasteiger partial charge in [-0.1, -0.05) is 0 Å². The quantitative estimate of drug-likeness (QED) is 0.363. The molecule has 0 aliphatic carbocycles. The van der Waals surface area contributed by atoms with E-state index in [4.69, 9.17) is 10.3 Å². The number of benzene rings is 1. The standard InChI is InChI=1S/C11H12N4OSe/c1-11(2)7-16-10(13-11)8-5-3-4-6-9(8)17-15-14-12/h3-6H,7H2,1-2H3. The summed E-state index contributed by atoms with van der Waals surface area (Å²) >= 11 is -0.260. The summed E-state index contributed by atoms with van der Waals surface area (Å²) in [7, 11) is 0. The second kappa shape index (κ2) is 4.80. The van der Waals surface area contributed by atoms with Gasteiger partial charge in [-0.25, -0.2) is 0 Å². The van der Waals surface area contributed by atoms with Crippen LogP contribution in [0.25, 0.3) is 10.4 Å². The molecule has 6 heteroatoms. The molecule has 0 atom stereocenters. The van der Waals surface area contributed by atoms with E-state index < -0.39 is 0 Å². The van der Waals surface area contributed by atoms with Crippen molar-refractivity contribution < 1.29 is 4.74 Å². The first-order valence-corrected chi connectivity index (χ1v) is 6.78. The van der Waals surface area contributed by atoms with Gasteiger partial charge in [-0.2, -0.15) is 0 Å². The molecule has 17 heavy (non-hydrogen) atoms. The summed E-state index contributed by atoms with van der Waals surface area (Å²) in [5.41, 5.74) is 9.14. The van der Waals surface area contributed by atoms with Crippen molar-refractivity contribution in [3.05, 3.63) is 40.3 Å². The Morgan fingerprint density at radius 1 is 1.47 bits per heavy atom. The predicted molar refractivity (Wildman–Crippen MR) is 67.5 cm³/mol. The number of rotatable bonds is 3. The Balaban J connectivity index is 2.36. The molecule has 88 valence electrons. The van der Waals surface area contributed by atoms with Gasteiger partial charge in [-0.15, -0.1) is 0 Å². The van der Waals surface area contributed by atoms with E-state index in [1.54, 1.807) is 0 Å². The summed E-state index contributed by atoms with van der Waals surface area (Å²) < 4.78 is 10.2. The number of hydrogen-bond acceptors (Lipinski definition) is 3. The van der Waals surface area contributed by atoms with Gasteiger partial charge in [0.05, 0.1) is 0 Å². The van der Waals surface area contributed by atoms with E-state index >= 15 is 0 Å². The van der Waals surface area contributed by atoms with E-state index in [0.29, 0.717) is 12.5 Å². The van der Waals surface area contributed by atoms with Crippen LogP contribution in [0.4, 0.5) is 0 Å². The third-order valence-corrected chi connectivity index (χ3v) is 3.74. The fourth-order valence-electron chi connectivity index (χ4n) is 1.51. The van der Waals surface area contributed by atoms with E-state index in [9.17, 15) is 0 Å². The van der Waals surface area contributed by atoms with Crippen LogP contribution < -0.4 is 4.46 Å². The Hall–Kier alpha value is -1.48. The zero-order valence-electron chi connectivity index (χ0n) is 9.62. The summed E-state index contributed by atoms with van der Waals surface area (Å²) in [6.45, 7) is 4.65. The molecule has 0 N–H and O–H groups in total. The summed E-state index contributed by atoms with van der Waals surface area (Å²) in [5.74, 6) is 0.653. The fourth-order valence-corrected chi connectivity index (χ4v) is 2.59. The molecule has 0 bridgehead atoms. The number of hydrogen-bond donors (Lipinski definition) is 0. The van der Waals surface area contributed by atoms with Gasteiger partial charge in [0.15, 0.2) is 0 Å². The van der Waals surface area contributed by atoms with Crippen molar-refractivity contribution in [1.82, 2.24) is 0 Å². The van der Waals surface area contributed by atoms with Gasteiger partial charge in [0.2, 0.25) is 0 Å². The Morgan fingerprint density at radius 3 is 2.88 bits per heavy atom. The monoisotopic (exact) mass is 296 g/mol. The van der Waals surface area contributed by atoms with Crippen molar-refractivity contribution in [3.63, 3.8) is 0 Å². The predicted octanol–water partition coefficient (Wildman–Crippen LogP) is 1.80. The zero-order chi connectivity index (χ0) is 12.3. The molecule has 0 amide bonds. The first-order valence-electron chi connectivity index (χ1n) is 5.16. The SMILES string of the molecule is CC1(C)COC(c2ccccc2[Se]N=[N+]=[N-])=N1. The van der Waals surface area contributed by atoms with Gasteiger partial charge in [0.1, 0.15) is 0 Å². The molecule has 1 aliphatic rings. The van der Waals surface area contributed by atoms with Crippen molar-refractivity contribution in [2.75, 3.05) is 6.61 Å². The summed E-state index contributed by atoms with van der Waals surface area (Å²) in [6.07, 6.45) is 0. The minimum atomic E-state index is -0.260. The van der Waals surface area contributed by atoms with Crippen molar-refractivity contribution in [2.24, 2.45) is 9.12 Å². The molecule has 0 aromatic heterocycles. The van der Waals surface area contributed by atoms with Gasteiger partial charge >= 0.3 is 106 Å². The van der Waals surface area contributed by atoms with Crippen molar-refractivity contribution >= 4 is 25.5 Å². The average Bonchev–Trinajstić information content (AvgIpc) is 2.67. The van der Waals surface area contributed by atoms with Crippen LogP contribution in [-0.2, 0) is 4.74 Å². The molecule has 0 fully saturated rings. The van der Waals surface area contributed by atoms with Crippen molar-refractivity contribution in [3.8, 4) is 0 Å². The second-order valence-corrected chi connectivity index (χ2v) is 5.93. The molecule has 2 rings (SSSR count). The van der Waals surface area contributed by atoms with Crippen molar-refractivity contribution in [1.29, 1.82) is 0 Å². The van der Waals surface area contributed by atoms with Crippen LogP contribution in [0.1, 0.15) is 19.4 Å². The third kappa shape index (κ3) is 2.80. The molecule has 1 aromatic rings. The molecular weight excluding hydrogens is 283 g/mol. The van der Waals surface area contributed by atoms with Gasteiger partial charge in [-0.05, 0) is 0 Å². The molecule has 0 saturated carbocycles. The number of azide groups is 1. The van der Waals surface area contributed by atoms with E-state index in [-0.39, 0.29) is 20.7 Å². The van der Waals surface area contributed by atoms with E-state index in [2.05, 4.69) is 14.0 Å². The molecule has 5 nitrogen and oxygen atoms in total. The molecule has 0 radical (unpaired) electrons. The van der Waals surface area contributed by atoms with Gasteiger partial charge in [-0.3, -0.25) is 0 Å². The van der Waals surface area contributed by atoms with Crippen LogP contribution in [0.5, 0.6) is 0 Å². The molecule has 0 saturated heterocycles. The minimum absolute atomic E-state index is 0.173. The van der Waals surface area contributed by atoms with Crippen LogP contribution >= 0.6 is 0 Å². The molecule has 0 spiro atoms.